The third-order valence-corrected chi connectivity index (χ3v) is 3.39. The molecular weight excluding hydrogens is 293 g/mol. The SMILES string of the molecule is CCCCC(Br)Cc1ccc(C(F)(F)F)cc1. The number of alkyl halides is 4. The molecule has 0 N–H and O–H groups in total. The molecule has 96 valence electrons. The van der Waals surface area contributed by atoms with Crippen molar-refractivity contribution in [3.05, 3.63) is 35.4 Å². The summed E-state index contributed by atoms with van der Waals surface area (Å²) in [5.41, 5.74) is 0.358. The van der Waals surface area contributed by atoms with Gasteiger partial charge in [-0.05, 0) is 30.5 Å². The summed E-state index contributed by atoms with van der Waals surface area (Å²) in [6, 6.07) is 5.41. The molecule has 0 saturated heterocycles. The van der Waals surface area contributed by atoms with Gasteiger partial charge < -0.3 is 0 Å². The van der Waals surface area contributed by atoms with Gasteiger partial charge >= 0.3 is 6.18 Å². The predicted molar refractivity (Wildman–Crippen MR) is 67.4 cm³/mol. The van der Waals surface area contributed by atoms with Gasteiger partial charge in [0.1, 0.15) is 0 Å². The van der Waals surface area contributed by atoms with E-state index in [0.717, 1.165) is 43.4 Å². The summed E-state index contributed by atoms with van der Waals surface area (Å²) in [5, 5.41) is 0. The van der Waals surface area contributed by atoms with Crippen LogP contribution in [-0.4, -0.2) is 4.83 Å². The first-order valence-corrected chi connectivity index (χ1v) is 6.65. The van der Waals surface area contributed by atoms with Gasteiger partial charge in [0.25, 0.3) is 0 Å². The Kier molecular flexibility index (Phi) is 5.50. The average Bonchev–Trinajstić information content (AvgIpc) is 2.26. The smallest absolute Gasteiger partial charge is 0.166 e. The number of hydrogen-bond acceptors (Lipinski definition) is 0. The summed E-state index contributed by atoms with van der Waals surface area (Å²) in [6.07, 6.45) is -0.143. The van der Waals surface area contributed by atoms with E-state index in [1.165, 1.54) is 0 Å². The summed E-state index contributed by atoms with van der Waals surface area (Å²) in [4.78, 5) is 0.346. The minimum atomic E-state index is -4.24. The van der Waals surface area contributed by atoms with Crippen LogP contribution in [0.3, 0.4) is 0 Å². The zero-order valence-corrected chi connectivity index (χ0v) is 11.3. The van der Waals surface area contributed by atoms with Crippen LogP contribution in [0.5, 0.6) is 0 Å². The second-order valence-electron chi connectivity index (χ2n) is 4.14. The number of halogens is 4. The van der Waals surface area contributed by atoms with Crippen molar-refractivity contribution >= 4 is 15.9 Å². The van der Waals surface area contributed by atoms with E-state index in [2.05, 4.69) is 22.9 Å². The maximum Gasteiger partial charge on any atom is 0.416 e. The van der Waals surface area contributed by atoms with Gasteiger partial charge in [0.2, 0.25) is 0 Å². The summed E-state index contributed by atoms with van der Waals surface area (Å²) >= 11 is 3.55. The van der Waals surface area contributed by atoms with Crippen molar-refractivity contribution < 1.29 is 13.2 Å². The second-order valence-corrected chi connectivity index (χ2v) is 5.43. The molecule has 0 nitrogen and oxygen atoms in total. The van der Waals surface area contributed by atoms with Gasteiger partial charge in [-0.3, -0.25) is 0 Å². The van der Waals surface area contributed by atoms with Crippen LogP contribution in [0.4, 0.5) is 13.2 Å². The highest BCUT2D eigenvalue weighted by atomic mass is 79.9. The van der Waals surface area contributed by atoms with Crippen LogP contribution in [0.15, 0.2) is 24.3 Å². The lowest BCUT2D eigenvalue weighted by Gasteiger charge is -2.10. The average molecular weight is 309 g/mol. The first kappa shape index (κ1) is 14.6. The van der Waals surface area contributed by atoms with Gasteiger partial charge in [0.15, 0.2) is 0 Å². The monoisotopic (exact) mass is 308 g/mol. The number of rotatable bonds is 5. The molecule has 0 bridgehead atoms. The quantitative estimate of drug-likeness (QED) is 0.656. The zero-order chi connectivity index (χ0) is 12.9. The van der Waals surface area contributed by atoms with E-state index in [-0.39, 0.29) is 0 Å². The summed E-state index contributed by atoms with van der Waals surface area (Å²) in [5.74, 6) is 0. The molecule has 1 aromatic rings. The minimum Gasteiger partial charge on any atom is -0.166 e. The zero-order valence-electron chi connectivity index (χ0n) is 9.73. The Balaban J connectivity index is 2.56. The molecule has 0 aromatic heterocycles. The fourth-order valence-electron chi connectivity index (χ4n) is 1.61. The van der Waals surface area contributed by atoms with Crippen molar-refractivity contribution in [3.8, 4) is 0 Å². The van der Waals surface area contributed by atoms with E-state index in [1.54, 1.807) is 12.1 Å². The van der Waals surface area contributed by atoms with Crippen molar-refractivity contribution in [2.45, 2.75) is 43.6 Å². The van der Waals surface area contributed by atoms with Crippen molar-refractivity contribution in [2.24, 2.45) is 0 Å². The maximum atomic E-state index is 12.3. The summed E-state index contributed by atoms with van der Waals surface area (Å²) in [6.45, 7) is 2.12. The minimum absolute atomic E-state index is 0.346. The molecule has 0 saturated carbocycles. The van der Waals surface area contributed by atoms with E-state index < -0.39 is 11.7 Å². The lowest BCUT2D eigenvalue weighted by Crippen LogP contribution is -2.06. The topological polar surface area (TPSA) is 0 Å². The highest BCUT2D eigenvalue weighted by molar-refractivity contribution is 9.09. The molecule has 1 unspecified atom stereocenters. The van der Waals surface area contributed by atoms with E-state index in [9.17, 15) is 13.2 Å². The normalized spacial score (nSPS) is 13.7. The van der Waals surface area contributed by atoms with Gasteiger partial charge in [0, 0.05) is 4.83 Å². The molecule has 1 atom stereocenters. The largest absolute Gasteiger partial charge is 0.416 e. The van der Waals surface area contributed by atoms with Crippen LogP contribution in [0, 0.1) is 0 Å². The van der Waals surface area contributed by atoms with Crippen molar-refractivity contribution in [1.29, 1.82) is 0 Å². The van der Waals surface area contributed by atoms with Crippen molar-refractivity contribution in [3.63, 3.8) is 0 Å². The molecule has 0 spiro atoms. The molecule has 0 amide bonds. The van der Waals surface area contributed by atoms with Crippen molar-refractivity contribution in [1.82, 2.24) is 0 Å². The molecule has 4 heteroatoms. The molecule has 0 radical (unpaired) electrons. The van der Waals surface area contributed by atoms with Gasteiger partial charge in [-0.25, -0.2) is 0 Å². The molecule has 0 fully saturated rings. The molecule has 0 aliphatic rings. The molecule has 1 rings (SSSR count). The van der Waals surface area contributed by atoms with Crippen LogP contribution in [0.1, 0.15) is 37.3 Å². The first-order chi connectivity index (χ1) is 7.93. The van der Waals surface area contributed by atoms with E-state index in [0.29, 0.717) is 4.83 Å². The van der Waals surface area contributed by atoms with Gasteiger partial charge in [0.05, 0.1) is 5.56 Å². The molecule has 0 aliphatic heterocycles. The third kappa shape index (κ3) is 5.11. The lowest BCUT2D eigenvalue weighted by atomic mass is 10.0. The van der Waals surface area contributed by atoms with Gasteiger partial charge in [-0.2, -0.15) is 13.2 Å². The number of hydrogen-bond donors (Lipinski definition) is 0. The van der Waals surface area contributed by atoms with Crippen LogP contribution in [0.2, 0.25) is 0 Å². The Morgan fingerprint density at radius 3 is 2.24 bits per heavy atom. The Morgan fingerprint density at radius 2 is 1.76 bits per heavy atom. The van der Waals surface area contributed by atoms with E-state index in [4.69, 9.17) is 0 Å². The molecule has 17 heavy (non-hydrogen) atoms. The fraction of sp³-hybridized carbons (Fsp3) is 0.538. The van der Waals surface area contributed by atoms with Crippen LogP contribution < -0.4 is 0 Å². The van der Waals surface area contributed by atoms with Crippen LogP contribution >= 0.6 is 15.9 Å². The molecule has 1 aromatic carbocycles. The Morgan fingerprint density at radius 1 is 1.18 bits per heavy atom. The molecule has 0 aliphatic carbocycles. The number of benzene rings is 1. The Bertz CT molecular complexity index is 330. The summed E-state index contributed by atoms with van der Waals surface area (Å²) < 4.78 is 37.0. The highest BCUT2D eigenvalue weighted by Crippen LogP contribution is 2.29. The van der Waals surface area contributed by atoms with Crippen LogP contribution in [0.25, 0.3) is 0 Å². The highest BCUT2D eigenvalue weighted by Gasteiger charge is 2.29. The molecule has 0 heterocycles. The van der Waals surface area contributed by atoms with Crippen LogP contribution in [-0.2, 0) is 12.6 Å². The number of unbranched alkanes of at least 4 members (excludes halogenated alkanes) is 1. The van der Waals surface area contributed by atoms with Crippen molar-refractivity contribution in [2.75, 3.05) is 0 Å². The van der Waals surface area contributed by atoms with E-state index >= 15 is 0 Å². The predicted octanol–water partition coefficient (Wildman–Crippen LogP) is 5.20. The summed E-state index contributed by atoms with van der Waals surface area (Å²) in [7, 11) is 0. The first-order valence-electron chi connectivity index (χ1n) is 5.73. The van der Waals surface area contributed by atoms with Gasteiger partial charge in [-0.15, -0.1) is 0 Å². The van der Waals surface area contributed by atoms with E-state index in [1.807, 2.05) is 0 Å². The Labute approximate surface area is 108 Å². The second kappa shape index (κ2) is 6.43. The molecular formula is C13H16BrF3. The lowest BCUT2D eigenvalue weighted by molar-refractivity contribution is -0.137. The standard InChI is InChI=1S/C13H16BrF3/c1-2-3-4-12(14)9-10-5-7-11(8-6-10)13(15,16)17/h5-8,12H,2-4,9H2,1H3. The maximum absolute atomic E-state index is 12.3. The third-order valence-electron chi connectivity index (χ3n) is 2.61. The Hall–Kier alpha value is -0.510. The van der Waals surface area contributed by atoms with Gasteiger partial charge in [-0.1, -0.05) is 47.8 Å². The fourth-order valence-corrected chi connectivity index (χ4v) is 2.31.